The number of carbonyl (C=O) groups excluding carboxylic acids is 2. The van der Waals surface area contributed by atoms with Crippen LogP contribution in [0.2, 0.25) is 0 Å². The maximum absolute atomic E-state index is 12.2. The van der Waals surface area contributed by atoms with Gasteiger partial charge in [0.2, 0.25) is 0 Å². The highest BCUT2D eigenvalue weighted by Crippen LogP contribution is 2.27. The molecule has 0 aromatic carbocycles. The van der Waals surface area contributed by atoms with Crippen LogP contribution in [0, 0.1) is 5.92 Å². The van der Waals surface area contributed by atoms with E-state index in [0.29, 0.717) is 12.0 Å². The van der Waals surface area contributed by atoms with Crippen molar-refractivity contribution >= 4 is 11.9 Å². The minimum absolute atomic E-state index is 0.374. The van der Waals surface area contributed by atoms with Crippen LogP contribution in [0.15, 0.2) is 36.3 Å². The van der Waals surface area contributed by atoms with Gasteiger partial charge >= 0.3 is 11.9 Å². The van der Waals surface area contributed by atoms with Gasteiger partial charge in [0.1, 0.15) is 0 Å². The second-order valence-electron chi connectivity index (χ2n) is 6.01. The zero-order valence-electron chi connectivity index (χ0n) is 15.0. The lowest BCUT2D eigenvalue weighted by molar-refractivity contribution is -0.145. The molecule has 0 bridgehead atoms. The van der Waals surface area contributed by atoms with Gasteiger partial charge in [-0.1, -0.05) is 32.8 Å². The minimum atomic E-state index is -0.522. The Morgan fingerprint density at radius 3 is 2.33 bits per heavy atom. The van der Waals surface area contributed by atoms with Gasteiger partial charge in [-0.2, -0.15) is 0 Å². The molecule has 1 aliphatic rings. The number of ether oxygens (including phenoxy) is 2. The largest absolute Gasteiger partial charge is 0.434 e. The molecule has 0 heterocycles. The Hall–Kier alpha value is -1.84. The first kappa shape index (κ1) is 20.2. The van der Waals surface area contributed by atoms with Crippen LogP contribution in [0.25, 0.3) is 0 Å². The molecule has 0 N–H and O–H groups in total. The van der Waals surface area contributed by atoms with Crippen LogP contribution in [0.3, 0.4) is 0 Å². The fraction of sp³-hybridized carbons (Fsp3) is 0.600. The Labute approximate surface area is 145 Å². The van der Waals surface area contributed by atoms with E-state index >= 15 is 0 Å². The van der Waals surface area contributed by atoms with Crippen LogP contribution in [0.5, 0.6) is 0 Å². The van der Waals surface area contributed by atoms with Crippen molar-refractivity contribution < 1.29 is 19.1 Å². The molecule has 0 amide bonds. The van der Waals surface area contributed by atoms with Gasteiger partial charge in [0.15, 0.2) is 0 Å². The standard InChI is InChI=1S/C20H30O4/c1-3-5-7-11-15-23-19(21)17-13-9-10-14-18(17)20(22)24-16-12-8-6-4-2/h11-13,15-16,18H,3-10,14H2,1-2H3/b15-11+,16-12+. The van der Waals surface area contributed by atoms with Crippen molar-refractivity contribution in [2.24, 2.45) is 5.92 Å². The molecule has 1 rings (SSSR count). The van der Waals surface area contributed by atoms with Crippen LogP contribution >= 0.6 is 0 Å². The molecule has 0 fully saturated rings. The Kier molecular flexibility index (Phi) is 10.6. The first-order valence-electron chi connectivity index (χ1n) is 9.12. The highest BCUT2D eigenvalue weighted by molar-refractivity contribution is 5.96. The van der Waals surface area contributed by atoms with Gasteiger partial charge in [0, 0.05) is 5.57 Å². The average Bonchev–Trinajstić information content (AvgIpc) is 2.61. The van der Waals surface area contributed by atoms with E-state index in [1.165, 1.54) is 12.5 Å². The van der Waals surface area contributed by atoms with Crippen molar-refractivity contribution in [3.63, 3.8) is 0 Å². The third-order valence-electron chi connectivity index (χ3n) is 3.96. The second-order valence-corrected chi connectivity index (χ2v) is 6.01. The van der Waals surface area contributed by atoms with Crippen molar-refractivity contribution in [3.8, 4) is 0 Å². The fourth-order valence-electron chi connectivity index (χ4n) is 2.50. The lowest BCUT2D eigenvalue weighted by atomic mass is 9.88. The summed E-state index contributed by atoms with van der Waals surface area (Å²) >= 11 is 0. The number of allylic oxidation sites excluding steroid dienone is 3. The molecule has 0 aliphatic heterocycles. The van der Waals surface area contributed by atoms with E-state index in [4.69, 9.17) is 9.47 Å². The molecule has 0 aromatic rings. The molecule has 0 saturated carbocycles. The van der Waals surface area contributed by atoms with E-state index in [2.05, 4.69) is 13.8 Å². The highest BCUT2D eigenvalue weighted by Gasteiger charge is 2.31. The van der Waals surface area contributed by atoms with E-state index < -0.39 is 11.9 Å². The van der Waals surface area contributed by atoms with Crippen LogP contribution in [-0.4, -0.2) is 11.9 Å². The summed E-state index contributed by atoms with van der Waals surface area (Å²) in [5, 5.41) is 0. The van der Waals surface area contributed by atoms with E-state index in [9.17, 15) is 9.59 Å². The Morgan fingerprint density at radius 1 is 1.08 bits per heavy atom. The number of carbonyl (C=O) groups is 2. The maximum Gasteiger partial charge on any atom is 0.339 e. The van der Waals surface area contributed by atoms with Crippen molar-refractivity contribution in [3.05, 3.63) is 36.3 Å². The molecule has 4 heteroatoms. The predicted octanol–water partition coefficient (Wildman–Crippen LogP) is 5.21. The summed E-state index contributed by atoms with van der Waals surface area (Å²) in [6.45, 7) is 4.22. The molecule has 1 unspecified atom stereocenters. The van der Waals surface area contributed by atoms with Gasteiger partial charge in [0.05, 0.1) is 18.4 Å². The van der Waals surface area contributed by atoms with Gasteiger partial charge in [-0.15, -0.1) is 0 Å². The molecule has 0 radical (unpaired) electrons. The Morgan fingerprint density at radius 2 is 1.71 bits per heavy atom. The van der Waals surface area contributed by atoms with Crippen LogP contribution < -0.4 is 0 Å². The summed E-state index contributed by atoms with van der Waals surface area (Å²) in [6.07, 6.45) is 16.8. The highest BCUT2D eigenvalue weighted by atomic mass is 16.5. The van der Waals surface area contributed by atoms with E-state index in [1.807, 2.05) is 12.2 Å². The molecular weight excluding hydrogens is 304 g/mol. The SMILES string of the molecule is CCCC/C=C/OC(=O)C1=CCCCC1C(=O)O/C=C/CCCC. The zero-order chi connectivity index (χ0) is 17.6. The first-order valence-corrected chi connectivity index (χ1v) is 9.12. The van der Waals surface area contributed by atoms with Gasteiger partial charge in [0.25, 0.3) is 0 Å². The third-order valence-corrected chi connectivity index (χ3v) is 3.96. The number of esters is 2. The second kappa shape index (κ2) is 12.6. The summed E-state index contributed by atoms with van der Waals surface area (Å²) in [5.74, 6) is -1.34. The van der Waals surface area contributed by atoms with Crippen molar-refractivity contribution in [2.45, 2.75) is 71.6 Å². The van der Waals surface area contributed by atoms with Gasteiger partial charge < -0.3 is 9.47 Å². The summed E-state index contributed by atoms with van der Waals surface area (Å²) in [6, 6.07) is 0. The van der Waals surface area contributed by atoms with Crippen molar-refractivity contribution in [1.82, 2.24) is 0 Å². The average molecular weight is 334 g/mol. The monoisotopic (exact) mass is 334 g/mol. The third kappa shape index (κ3) is 7.62. The molecule has 0 saturated heterocycles. The molecule has 1 atom stereocenters. The smallest absolute Gasteiger partial charge is 0.339 e. The van der Waals surface area contributed by atoms with Crippen LogP contribution in [0.4, 0.5) is 0 Å². The summed E-state index contributed by atoms with van der Waals surface area (Å²) in [4.78, 5) is 24.4. The van der Waals surface area contributed by atoms with Gasteiger partial charge in [-0.25, -0.2) is 4.79 Å². The molecule has 4 nitrogen and oxygen atoms in total. The molecule has 1 aliphatic carbocycles. The number of rotatable bonds is 10. The maximum atomic E-state index is 12.2. The number of unbranched alkanes of at least 4 members (excludes halogenated alkanes) is 4. The van der Waals surface area contributed by atoms with Gasteiger partial charge in [-0.05, 0) is 57.1 Å². The molecule has 0 spiro atoms. The van der Waals surface area contributed by atoms with E-state index in [-0.39, 0.29) is 5.97 Å². The summed E-state index contributed by atoms with van der Waals surface area (Å²) < 4.78 is 10.3. The van der Waals surface area contributed by atoms with Gasteiger partial charge in [-0.3, -0.25) is 4.79 Å². The van der Waals surface area contributed by atoms with Crippen molar-refractivity contribution in [2.75, 3.05) is 0 Å². The fourth-order valence-corrected chi connectivity index (χ4v) is 2.50. The Bertz CT molecular complexity index is 474. The lowest BCUT2D eigenvalue weighted by Crippen LogP contribution is -2.25. The normalized spacial score (nSPS) is 17.9. The predicted molar refractivity (Wildman–Crippen MR) is 94.9 cm³/mol. The summed E-state index contributed by atoms with van der Waals surface area (Å²) in [5.41, 5.74) is 0.424. The topological polar surface area (TPSA) is 52.6 Å². The molecule has 134 valence electrons. The van der Waals surface area contributed by atoms with E-state index in [0.717, 1.165) is 51.4 Å². The van der Waals surface area contributed by atoms with E-state index in [1.54, 1.807) is 6.08 Å². The number of hydrogen-bond donors (Lipinski definition) is 0. The minimum Gasteiger partial charge on any atom is -0.434 e. The zero-order valence-corrected chi connectivity index (χ0v) is 15.0. The van der Waals surface area contributed by atoms with Crippen molar-refractivity contribution in [1.29, 1.82) is 0 Å². The van der Waals surface area contributed by atoms with Crippen LogP contribution in [-0.2, 0) is 19.1 Å². The lowest BCUT2D eigenvalue weighted by Gasteiger charge is -2.20. The first-order chi connectivity index (χ1) is 11.7. The quantitative estimate of drug-likeness (QED) is 0.313. The summed E-state index contributed by atoms with van der Waals surface area (Å²) in [7, 11) is 0. The molecule has 24 heavy (non-hydrogen) atoms. The number of hydrogen-bond acceptors (Lipinski definition) is 4. The molecule has 0 aromatic heterocycles. The van der Waals surface area contributed by atoms with Crippen LogP contribution in [0.1, 0.15) is 71.6 Å². The molecular formula is C20H30O4. The Balaban J connectivity index is 2.53.